The number of urea groups is 1. The molecule has 2 amide bonds. The molecule has 1 aliphatic rings. The number of nitrogens with zero attached hydrogens (tertiary/aromatic N) is 6. The van der Waals surface area contributed by atoms with Crippen molar-refractivity contribution in [2.45, 2.75) is 19.6 Å². The summed E-state index contributed by atoms with van der Waals surface area (Å²) >= 11 is 1.09. The highest BCUT2D eigenvalue weighted by atomic mass is 32.2. The fourth-order valence-corrected chi connectivity index (χ4v) is 5.00. The zero-order valence-corrected chi connectivity index (χ0v) is 19.0. The van der Waals surface area contributed by atoms with Gasteiger partial charge in [0.25, 0.3) is 0 Å². The summed E-state index contributed by atoms with van der Waals surface area (Å²) in [5, 5.41) is 14.8. The number of benzene rings is 1. The molecule has 34 heavy (non-hydrogen) atoms. The zero-order chi connectivity index (χ0) is 24.7. The molecule has 3 heterocycles. The van der Waals surface area contributed by atoms with Crippen molar-refractivity contribution in [2.24, 2.45) is 0 Å². The van der Waals surface area contributed by atoms with Crippen LogP contribution in [0.4, 0.5) is 27.5 Å². The Morgan fingerprint density at radius 2 is 1.88 bits per heavy atom. The highest BCUT2D eigenvalue weighted by molar-refractivity contribution is 7.91. The van der Waals surface area contributed by atoms with Gasteiger partial charge in [-0.05, 0) is 19.1 Å². The van der Waals surface area contributed by atoms with Gasteiger partial charge in [-0.2, -0.15) is 13.2 Å². The molecule has 16 heteroatoms. The van der Waals surface area contributed by atoms with E-state index in [0.717, 1.165) is 17.4 Å². The lowest BCUT2D eigenvalue weighted by atomic mass is 10.1. The first-order chi connectivity index (χ1) is 15.9. The third-order valence-electron chi connectivity index (χ3n) is 4.89. The Morgan fingerprint density at radius 3 is 2.44 bits per heavy atom. The molecule has 0 atom stereocenters. The Bertz CT molecular complexity index is 1310. The Labute approximate surface area is 194 Å². The summed E-state index contributed by atoms with van der Waals surface area (Å²) in [6.45, 7) is 1.36. The third-order valence-corrected chi connectivity index (χ3v) is 7.36. The van der Waals surface area contributed by atoms with Gasteiger partial charge in [-0.15, -0.1) is 20.4 Å². The largest absolute Gasteiger partial charge is 0.470 e. The highest BCUT2D eigenvalue weighted by Crippen LogP contribution is 2.31. The number of carbonyl (C=O) groups excluding carboxylic acids is 1. The molecule has 0 spiro atoms. The lowest BCUT2D eigenvalue weighted by Crippen LogP contribution is -2.49. The Hall–Kier alpha value is -3.14. The number of amides is 2. The molecule has 1 fully saturated rings. The molecule has 0 aliphatic carbocycles. The quantitative estimate of drug-likeness (QED) is 0.482. The lowest BCUT2D eigenvalue weighted by Gasteiger charge is -2.31. The van der Waals surface area contributed by atoms with Crippen molar-refractivity contribution in [3.63, 3.8) is 0 Å². The minimum atomic E-state index is -4.84. The van der Waals surface area contributed by atoms with E-state index in [-0.39, 0.29) is 47.4 Å². The minimum Gasteiger partial charge on any atom is -0.413 e. The fraction of sp³-hybridized carbons (Fsp3) is 0.389. The van der Waals surface area contributed by atoms with Gasteiger partial charge in [0, 0.05) is 24.2 Å². The van der Waals surface area contributed by atoms with Crippen molar-refractivity contribution >= 4 is 32.3 Å². The van der Waals surface area contributed by atoms with Crippen molar-refractivity contribution in [2.75, 3.05) is 29.5 Å². The summed E-state index contributed by atoms with van der Waals surface area (Å²) in [5.74, 6) is -3.27. The average Bonchev–Trinajstić information content (AvgIpc) is 3.42. The van der Waals surface area contributed by atoms with Gasteiger partial charge >= 0.3 is 18.1 Å². The number of alkyl halides is 3. The normalized spacial score (nSPS) is 16.0. The maximum Gasteiger partial charge on any atom is 0.470 e. The van der Waals surface area contributed by atoms with Crippen LogP contribution in [0.2, 0.25) is 0 Å². The van der Waals surface area contributed by atoms with Gasteiger partial charge in [0.2, 0.25) is 11.0 Å². The summed E-state index contributed by atoms with van der Waals surface area (Å²) in [4.78, 5) is 15.7. The van der Waals surface area contributed by atoms with Crippen LogP contribution in [-0.4, -0.2) is 64.3 Å². The van der Waals surface area contributed by atoms with E-state index >= 15 is 0 Å². The summed E-state index contributed by atoms with van der Waals surface area (Å²) < 4.78 is 80.9. The predicted molar refractivity (Wildman–Crippen MR) is 111 cm³/mol. The van der Waals surface area contributed by atoms with Crippen LogP contribution in [0.15, 0.2) is 22.6 Å². The number of aryl methyl sites for hydroxylation is 1. The van der Waals surface area contributed by atoms with E-state index < -0.39 is 39.6 Å². The van der Waals surface area contributed by atoms with E-state index in [1.165, 1.54) is 21.9 Å². The molecule has 0 radical (unpaired) electrons. The van der Waals surface area contributed by atoms with Crippen LogP contribution in [0.25, 0.3) is 11.5 Å². The minimum absolute atomic E-state index is 0.0183. The molecule has 3 aromatic rings. The molecule has 1 aliphatic heterocycles. The van der Waals surface area contributed by atoms with Crippen molar-refractivity contribution in [3.8, 4) is 11.5 Å². The zero-order valence-electron chi connectivity index (χ0n) is 17.4. The third kappa shape index (κ3) is 5.16. The monoisotopic (exact) mass is 520 g/mol. The molecule has 0 unspecified atom stereocenters. The molecule has 4 rings (SSSR count). The van der Waals surface area contributed by atoms with Gasteiger partial charge in [0.05, 0.1) is 18.1 Å². The number of hydrogen-bond donors (Lipinski definition) is 0. The first kappa shape index (κ1) is 24.0. The van der Waals surface area contributed by atoms with Crippen molar-refractivity contribution in [1.29, 1.82) is 0 Å². The molecular weight excluding hydrogens is 504 g/mol. The molecular formula is C18H16F4N6O4S2. The summed E-state index contributed by atoms with van der Waals surface area (Å²) in [5.41, 5.74) is -0.0414. The predicted octanol–water partition coefficient (Wildman–Crippen LogP) is 2.91. The highest BCUT2D eigenvalue weighted by Gasteiger charge is 2.38. The number of aromatic nitrogens is 4. The number of halogens is 4. The van der Waals surface area contributed by atoms with Crippen molar-refractivity contribution < 1.29 is 35.2 Å². The number of carbonyl (C=O) groups is 1. The molecule has 1 saturated heterocycles. The molecule has 0 bridgehead atoms. The first-order valence-electron chi connectivity index (χ1n) is 9.69. The maximum absolute atomic E-state index is 14.9. The Balaban J connectivity index is 1.59. The second kappa shape index (κ2) is 8.90. The van der Waals surface area contributed by atoms with Crippen LogP contribution in [0.1, 0.15) is 16.5 Å². The summed E-state index contributed by atoms with van der Waals surface area (Å²) in [6.07, 6.45) is -4.84. The van der Waals surface area contributed by atoms with Crippen LogP contribution in [0.5, 0.6) is 0 Å². The Morgan fingerprint density at radius 1 is 1.18 bits per heavy atom. The lowest BCUT2D eigenvalue weighted by molar-refractivity contribution is -0.156. The van der Waals surface area contributed by atoms with E-state index in [4.69, 9.17) is 0 Å². The second-order valence-corrected chi connectivity index (χ2v) is 10.8. The van der Waals surface area contributed by atoms with Crippen LogP contribution in [0, 0.1) is 12.7 Å². The molecule has 0 saturated carbocycles. The van der Waals surface area contributed by atoms with E-state index in [1.807, 2.05) is 0 Å². The van der Waals surface area contributed by atoms with Crippen molar-refractivity contribution in [3.05, 3.63) is 40.5 Å². The van der Waals surface area contributed by atoms with Gasteiger partial charge in [-0.1, -0.05) is 17.4 Å². The van der Waals surface area contributed by atoms with Gasteiger partial charge in [-0.25, -0.2) is 17.6 Å². The SMILES string of the molecule is Cc1nnc(N(Cc2ccc(-c3nnc(C(F)(F)F)o3)cc2F)C(=O)N2CCS(=O)(=O)CC2)s1. The Kier molecular flexibility index (Phi) is 6.28. The van der Waals surface area contributed by atoms with E-state index in [1.54, 1.807) is 6.92 Å². The van der Waals surface area contributed by atoms with Gasteiger partial charge < -0.3 is 9.32 Å². The van der Waals surface area contributed by atoms with E-state index in [2.05, 4.69) is 24.8 Å². The average molecular weight is 520 g/mol. The molecule has 10 nitrogen and oxygen atoms in total. The van der Waals surface area contributed by atoms with Gasteiger partial charge in [0.15, 0.2) is 9.84 Å². The maximum atomic E-state index is 14.9. The van der Waals surface area contributed by atoms with Gasteiger partial charge in [-0.3, -0.25) is 4.90 Å². The van der Waals surface area contributed by atoms with Crippen molar-refractivity contribution in [1.82, 2.24) is 25.3 Å². The smallest absolute Gasteiger partial charge is 0.413 e. The topological polar surface area (TPSA) is 122 Å². The number of sulfone groups is 1. The summed E-state index contributed by atoms with van der Waals surface area (Å²) in [6, 6.07) is 2.91. The fourth-order valence-electron chi connectivity index (χ4n) is 3.12. The van der Waals surface area contributed by atoms with E-state index in [0.29, 0.717) is 5.01 Å². The number of anilines is 1. The van der Waals surface area contributed by atoms with Gasteiger partial charge in [0.1, 0.15) is 10.8 Å². The first-order valence-corrected chi connectivity index (χ1v) is 12.3. The molecule has 0 N–H and O–H groups in total. The van der Waals surface area contributed by atoms with E-state index in [9.17, 15) is 30.8 Å². The van der Waals surface area contributed by atoms with Crippen LogP contribution in [-0.2, 0) is 22.6 Å². The van der Waals surface area contributed by atoms with Crippen LogP contribution < -0.4 is 4.90 Å². The number of rotatable bonds is 4. The van der Waals surface area contributed by atoms with Crippen LogP contribution in [0.3, 0.4) is 0 Å². The standard InChI is InChI=1S/C18H16F4N6O4S2/c1-10-23-26-16(33-10)28(17(29)27-4-6-34(30,31)7-5-27)9-12-3-2-11(8-13(12)19)14-24-25-15(32-14)18(20,21)22/h2-3,8H,4-7,9H2,1H3. The van der Waals surface area contributed by atoms with Crippen LogP contribution >= 0.6 is 11.3 Å². The molecule has 1 aromatic carbocycles. The molecule has 2 aromatic heterocycles. The summed E-state index contributed by atoms with van der Waals surface area (Å²) in [7, 11) is -3.23. The second-order valence-electron chi connectivity index (χ2n) is 7.33. The number of hydrogen-bond acceptors (Lipinski definition) is 9. The molecule has 182 valence electrons.